The maximum Gasteiger partial charge on any atom is 0.346 e. The first-order chi connectivity index (χ1) is 12.1. The van der Waals surface area contributed by atoms with Crippen molar-refractivity contribution in [1.29, 1.82) is 0 Å². The Morgan fingerprint density at radius 1 is 1.12 bits per heavy atom. The van der Waals surface area contributed by atoms with Crippen LogP contribution in [0.5, 0.6) is 5.75 Å². The zero-order chi connectivity index (χ0) is 17.4. The number of fused-ring (bicyclic) bond motifs is 3. The Kier molecular flexibility index (Phi) is 3.80. The van der Waals surface area contributed by atoms with E-state index in [0.717, 1.165) is 35.4 Å². The highest BCUT2D eigenvalue weighted by Gasteiger charge is 2.25. The van der Waals surface area contributed by atoms with E-state index in [0.29, 0.717) is 11.1 Å². The van der Waals surface area contributed by atoms with E-state index in [9.17, 15) is 4.79 Å². The fourth-order valence-corrected chi connectivity index (χ4v) is 3.21. The molecular formula is C21H19NO3. The van der Waals surface area contributed by atoms with Gasteiger partial charge in [-0.3, -0.25) is 0 Å². The minimum Gasteiger partial charge on any atom is -0.465 e. The number of benzene rings is 2. The summed E-state index contributed by atoms with van der Waals surface area (Å²) in [5.41, 5.74) is 3.85. The maximum absolute atomic E-state index is 12.6. The van der Waals surface area contributed by atoms with E-state index in [-0.39, 0.29) is 5.63 Å². The van der Waals surface area contributed by atoms with E-state index < -0.39 is 0 Å². The van der Waals surface area contributed by atoms with Gasteiger partial charge in [0.15, 0.2) is 0 Å². The fourth-order valence-electron chi connectivity index (χ4n) is 3.21. The molecule has 0 spiro atoms. The number of ether oxygens (including phenoxy) is 1. The number of rotatable bonds is 2. The van der Waals surface area contributed by atoms with Crippen LogP contribution in [-0.4, -0.2) is 13.6 Å². The second-order valence-electron chi connectivity index (χ2n) is 6.35. The summed E-state index contributed by atoms with van der Waals surface area (Å²) in [6.45, 7) is 2.86. The van der Waals surface area contributed by atoms with Gasteiger partial charge in [0, 0.05) is 24.6 Å². The van der Waals surface area contributed by atoms with Gasteiger partial charge in [-0.15, -0.1) is 0 Å². The van der Waals surface area contributed by atoms with Crippen LogP contribution < -0.4 is 15.3 Å². The molecule has 0 fully saturated rings. The first-order valence-electron chi connectivity index (χ1n) is 8.33. The molecule has 4 heteroatoms. The second-order valence-corrected chi connectivity index (χ2v) is 6.35. The number of para-hydroxylation sites is 1. The van der Waals surface area contributed by atoms with Crippen LogP contribution in [-0.2, 0) is 0 Å². The molecule has 0 saturated heterocycles. The number of nitrogens with zero attached hydrogens (tertiary/aromatic N) is 1. The van der Waals surface area contributed by atoms with Crippen molar-refractivity contribution in [3.8, 4) is 5.75 Å². The molecule has 4 rings (SSSR count). The van der Waals surface area contributed by atoms with Gasteiger partial charge in [0.05, 0.1) is 17.5 Å². The van der Waals surface area contributed by atoms with Gasteiger partial charge in [-0.2, -0.15) is 0 Å². The average molecular weight is 333 g/mol. The molecule has 126 valence electrons. The van der Waals surface area contributed by atoms with Crippen molar-refractivity contribution in [2.75, 3.05) is 18.5 Å². The third-order valence-corrected chi connectivity index (χ3v) is 4.56. The summed E-state index contributed by atoms with van der Waals surface area (Å²) in [7, 11) is 2.00. The number of hydrogen-bond donors (Lipinski definition) is 0. The predicted molar refractivity (Wildman–Crippen MR) is 100 cm³/mol. The molecule has 3 aromatic rings. The molecule has 2 aromatic carbocycles. The summed E-state index contributed by atoms with van der Waals surface area (Å²) in [6.07, 6.45) is 2.42. The van der Waals surface area contributed by atoms with Crippen molar-refractivity contribution in [2.45, 2.75) is 13.3 Å². The van der Waals surface area contributed by atoms with E-state index in [1.165, 1.54) is 5.56 Å². The second kappa shape index (κ2) is 6.13. The molecule has 0 unspecified atom stereocenters. The quantitative estimate of drug-likeness (QED) is 0.516. The molecule has 1 aliphatic rings. The third kappa shape index (κ3) is 2.80. The Labute approximate surface area is 146 Å². The maximum atomic E-state index is 12.6. The van der Waals surface area contributed by atoms with Gasteiger partial charge >= 0.3 is 5.63 Å². The Hall–Kier alpha value is -3.01. The van der Waals surface area contributed by atoms with Gasteiger partial charge in [0.1, 0.15) is 11.3 Å². The van der Waals surface area contributed by atoms with Gasteiger partial charge in [-0.05, 0) is 37.6 Å². The average Bonchev–Trinajstić information content (AvgIpc) is 2.62. The first-order valence-corrected chi connectivity index (χ1v) is 8.33. The molecule has 25 heavy (non-hydrogen) atoms. The SMILES string of the molecule is Cc1ccc(O/C=C2\CCN(C)c3c2c(=O)oc2ccccc32)cc1. The number of anilines is 1. The Balaban J connectivity index is 1.82. The zero-order valence-electron chi connectivity index (χ0n) is 14.3. The van der Waals surface area contributed by atoms with Gasteiger partial charge in [-0.25, -0.2) is 4.79 Å². The van der Waals surface area contributed by atoms with Gasteiger partial charge in [-0.1, -0.05) is 29.8 Å². The molecule has 0 bridgehead atoms. The zero-order valence-corrected chi connectivity index (χ0v) is 14.3. The van der Waals surface area contributed by atoms with Crippen molar-refractivity contribution < 1.29 is 9.15 Å². The van der Waals surface area contributed by atoms with Crippen LogP contribution in [0.1, 0.15) is 17.5 Å². The lowest BCUT2D eigenvalue weighted by Crippen LogP contribution is -2.28. The number of aryl methyl sites for hydroxylation is 1. The van der Waals surface area contributed by atoms with Crippen molar-refractivity contribution >= 4 is 22.2 Å². The van der Waals surface area contributed by atoms with Crippen LogP contribution >= 0.6 is 0 Å². The first kappa shape index (κ1) is 15.5. The van der Waals surface area contributed by atoms with Crippen LogP contribution in [0.25, 0.3) is 16.5 Å². The Morgan fingerprint density at radius 2 is 1.88 bits per heavy atom. The molecule has 1 aromatic heterocycles. The normalized spacial score (nSPS) is 15.4. The van der Waals surface area contributed by atoms with E-state index in [1.54, 1.807) is 6.26 Å². The van der Waals surface area contributed by atoms with Crippen molar-refractivity contribution in [2.24, 2.45) is 0 Å². The lowest BCUT2D eigenvalue weighted by atomic mass is 9.97. The summed E-state index contributed by atoms with van der Waals surface area (Å²) in [4.78, 5) is 14.7. The van der Waals surface area contributed by atoms with Crippen LogP contribution in [0.4, 0.5) is 5.69 Å². The lowest BCUT2D eigenvalue weighted by Gasteiger charge is -2.29. The lowest BCUT2D eigenvalue weighted by molar-refractivity contribution is 0.480. The van der Waals surface area contributed by atoms with E-state index >= 15 is 0 Å². The van der Waals surface area contributed by atoms with Crippen molar-refractivity contribution in [3.05, 3.63) is 76.3 Å². The topological polar surface area (TPSA) is 42.7 Å². The summed E-state index contributed by atoms with van der Waals surface area (Å²) < 4.78 is 11.3. The van der Waals surface area contributed by atoms with E-state index in [2.05, 4.69) is 4.90 Å². The monoisotopic (exact) mass is 333 g/mol. The highest BCUT2D eigenvalue weighted by Crippen LogP contribution is 2.37. The van der Waals surface area contributed by atoms with E-state index in [4.69, 9.17) is 9.15 Å². The largest absolute Gasteiger partial charge is 0.465 e. The molecule has 1 aliphatic heterocycles. The molecule has 0 atom stereocenters. The predicted octanol–water partition coefficient (Wildman–Crippen LogP) is 4.36. The molecule has 4 nitrogen and oxygen atoms in total. The van der Waals surface area contributed by atoms with Crippen LogP contribution in [0, 0.1) is 6.92 Å². The van der Waals surface area contributed by atoms with Crippen molar-refractivity contribution in [1.82, 2.24) is 0 Å². The highest BCUT2D eigenvalue weighted by molar-refractivity contribution is 5.97. The Morgan fingerprint density at radius 3 is 2.68 bits per heavy atom. The smallest absolute Gasteiger partial charge is 0.346 e. The molecule has 0 N–H and O–H groups in total. The van der Waals surface area contributed by atoms with E-state index in [1.807, 2.05) is 62.5 Å². The highest BCUT2D eigenvalue weighted by atomic mass is 16.5. The summed E-state index contributed by atoms with van der Waals surface area (Å²) in [5.74, 6) is 0.753. The van der Waals surface area contributed by atoms with Crippen molar-refractivity contribution in [3.63, 3.8) is 0 Å². The minimum atomic E-state index is -0.320. The molecule has 0 amide bonds. The van der Waals surface area contributed by atoms with Gasteiger partial charge < -0.3 is 14.1 Å². The Bertz CT molecular complexity index is 1020. The molecule has 0 aliphatic carbocycles. The molecule has 0 radical (unpaired) electrons. The summed E-state index contributed by atoms with van der Waals surface area (Å²) in [5, 5.41) is 0.945. The van der Waals surface area contributed by atoms with Gasteiger partial charge in [0.25, 0.3) is 0 Å². The third-order valence-electron chi connectivity index (χ3n) is 4.56. The van der Waals surface area contributed by atoms with Gasteiger partial charge in [0.2, 0.25) is 0 Å². The fraction of sp³-hybridized carbons (Fsp3) is 0.190. The van der Waals surface area contributed by atoms with Crippen LogP contribution in [0.15, 0.2) is 64.0 Å². The molecule has 0 saturated carbocycles. The molecular weight excluding hydrogens is 314 g/mol. The standard InChI is InChI=1S/C21H19NO3/c1-14-7-9-16(10-8-14)24-13-15-11-12-22(2)20-17-5-3-4-6-18(17)25-21(23)19(15)20/h3-10,13H,11-12H2,1-2H3/b15-13+. The summed E-state index contributed by atoms with van der Waals surface area (Å²) >= 11 is 0. The van der Waals surface area contributed by atoms with Crippen LogP contribution in [0.3, 0.4) is 0 Å². The minimum absolute atomic E-state index is 0.320. The summed E-state index contributed by atoms with van der Waals surface area (Å²) in [6, 6.07) is 15.5. The number of hydrogen-bond acceptors (Lipinski definition) is 4. The molecule has 2 heterocycles. The van der Waals surface area contributed by atoms with Crippen LogP contribution in [0.2, 0.25) is 0 Å².